The molecule has 2 aliphatic rings. The van der Waals surface area contributed by atoms with Gasteiger partial charge in [0.2, 0.25) is 5.95 Å². The quantitative estimate of drug-likeness (QED) is 0.868. The molecule has 2 aromatic rings. The fourth-order valence-electron chi connectivity index (χ4n) is 3.25. The van der Waals surface area contributed by atoms with Crippen LogP contribution in [-0.2, 0) is 12.8 Å². The summed E-state index contributed by atoms with van der Waals surface area (Å²) in [6, 6.07) is 8.63. The van der Waals surface area contributed by atoms with Gasteiger partial charge in [0.1, 0.15) is 0 Å². The second-order valence-electron chi connectivity index (χ2n) is 5.79. The Bertz CT molecular complexity index is 645. The van der Waals surface area contributed by atoms with Crippen molar-refractivity contribution in [1.82, 2.24) is 15.3 Å². The molecule has 21 heavy (non-hydrogen) atoms. The molecule has 4 rings (SSSR count). The van der Waals surface area contributed by atoms with E-state index in [1.54, 1.807) is 0 Å². The first-order valence-corrected chi connectivity index (χ1v) is 7.82. The lowest BCUT2D eigenvalue weighted by molar-refractivity contribution is 0.724. The maximum atomic E-state index is 4.91. The third-order valence-corrected chi connectivity index (χ3v) is 4.41. The zero-order chi connectivity index (χ0) is 14.1. The molecule has 4 heteroatoms. The first-order valence-electron chi connectivity index (χ1n) is 7.82. The number of benzene rings is 1. The van der Waals surface area contributed by atoms with Gasteiger partial charge in [-0.2, -0.15) is 0 Å². The number of nitrogens with zero attached hydrogens (tertiary/aromatic N) is 3. The summed E-state index contributed by atoms with van der Waals surface area (Å²) in [5.74, 6) is 0.883. The molecule has 4 nitrogen and oxygen atoms in total. The van der Waals surface area contributed by atoms with E-state index in [2.05, 4.69) is 39.5 Å². The molecule has 1 aromatic heterocycles. The van der Waals surface area contributed by atoms with Crippen LogP contribution in [0.2, 0.25) is 0 Å². The van der Waals surface area contributed by atoms with Crippen LogP contribution in [0, 0.1) is 0 Å². The summed E-state index contributed by atoms with van der Waals surface area (Å²) >= 11 is 0. The molecule has 0 amide bonds. The highest BCUT2D eigenvalue weighted by atomic mass is 15.3. The van der Waals surface area contributed by atoms with Crippen molar-refractivity contribution in [2.24, 2.45) is 0 Å². The summed E-state index contributed by atoms with van der Waals surface area (Å²) in [5.41, 5.74) is 5.12. The lowest BCUT2D eigenvalue weighted by Crippen LogP contribution is -2.29. The average molecular weight is 280 g/mol. The van der Waals surface area contributed by atoms with Gasteiger partial charge in [-0.15, -0.1) is 0 Å². The van der Waals surface area contributed by atoms with Crippen LogP contribution in [0.5, 0.6) is 0 Å². The van der Waals surface area contributed by atoms with E-state index in [1.807, 2.05) is 6.20 Å². The molecule has 0 unspecified atom stereocenters. The molecule has 0 radical (unpaired) electrons. The highest BCUT2D eigenvalue weighted by Crippen LogP contribution is 2.32. The maximum absolute atomic E-state index is 4.91. The van der Waals surface area contributed by atoms with Crippen molar-refractivity contribution in [2.45, 2.75) is 19.3 Å². The molecule has 0 atom stereocenters. The van der Waals surface area contributed by atoms with Crippen molar-refractivity contribution in [3.63, 3.8) is 0 Å². The van der Waals surface area contributed by atoms with E-state index in [1.165, 1.54) is 16.7 Å². The SMILES string of the molecule is c1ccc2c(c1)CCc1cnc(N3CCCNCC3)nc1-2. The van der Waals surface area contributed by atoms with Crippen LogP contribution in [0.3, 0.4) is 0 Å². The van der Waals surface area contributed by atoms with Crippen molar-refractivity contribution in [3.05, 3.63) is 41.6 Å². The third-order valence-electron chi connectivity index (χ3n) is 4.41. The van der Waals surface area contributed by atoms with Gasteiger partial charge < -0.3 is 10.2 Å². The Kier molecular flexibility index (Phi) is 3.31. The summed E-state index contributed by atoms with van der Waals surface area (Å²) in [6.07, 6.45) is 5.33. The van der Waals surface area contributed by atoms with Gasteiger partial charge in [-0.25, -0.2) is 9.97 Å². The van der Waals surface area contributed by atoms with Crippen LogP contribution in [0.1, 0.15) is 17.5 Å². The summed E-state index contributed by atoms with van der Waals surface area (Å²) in [6.45, 7) is 4.12. The summed E-state index contributed by atoms with van der Waals surface area (Å²) in [4.78, 5) is 11.8. The number of hydrogen-bond acceptors (Lipinski definition) is 4. The van der Waals surface area contributed by atoms with E-state index in [0.717, 1.165) is 57.1 Å². The Morgan fingerprint density at radius 1 is 1.00 bits per heavy atom. The van der Waals surface area contributed by atoms with Crippen LogP contribution in [0.4, 0.5) is 5.95 Å². The number of aromatic nitrogens is 2. The van der Waals surface area contributed by atoms with E-state index in [0.29, 0.717) is 0 Å². The van der Waals surface area contributed by atoms with Crippen molar-refractivity contribution < 1.29 is 0 Å². The largest absolute Gasteiger partial charge is 0.339 e. The third kappa shape index (κ3) is 2.40. The fourth-order valence-corrected chi connectivity index (χ4v) is 3.25. The second kappa shape index (κ2) is 5.45. The zero-order valence-corrected chi connectivity index (χ0v) is 12.2. The number of anilines is 1. The Hall–Kier alpha value is -1.94. The predicted octanol–water partition coefficient (Wildman–Crippen LogP) is 2.04. The van der Waals surface area contributed by atoms with Crippen LogP contribution < -0.4 is 10.2 Å². The van der Waals surface area contributed by atoms with Gasteiger partial charge in [-0.05, 0) is 36.9 Å². The van der Waals surface area contributed by atoms with Crippen molar-refractivity contribution in [1.29, 1.82) is 0 Å². The molecule has 0 spiro atoms. The normalized spacial score (nSPS) is 17.8. The van der Waals surface area contributed by atoms with Crippen LogP contribution in [0.25, 0.3) is 11.3 Å². The number of hydrogen-bond donors (Lipinski definition) is 1. The van der Waals surface area contributed by atoms with Crippen molar-refractivity contribution >= 4 is 5.95 Å². The van der Waals surface area contributed by atoms with Gasteiger partial charge in [-0.1, -0.05) is 24.3 Å². The molecule has 1 fully saturated rings. The lowest BCUT2D eigenvalue weighted by Gasteiger charge is -2.23. The van der Waals surface area contributed by atoms with E-state index in [9.17, 15) is 0 Å². The molecule has 0 bridgehead atoms. The van der Waals surface area contributed by atoms with E-state index < -0.39 is 0 Å². The highest BCUT2D eigenvalue weighted by Gasteiger charge is 2.20. The number of nitrogens with one attached hydrogen (secondary N) is 1. The van der Waals surface area contributed by atoms with Gasteiger partial charge in [0, 0.05) is 31.4 Å². The molecule has 1 aromatic carbocycles. The number of aryl methyl sites for hydroxylation is 2. The van der Waals surface area contributed by atoms with Crippen LogP contribution in [-0.4, -0.2) is 36.1 Å². The summed E-state index contributed by atoms with van der Waals surface area (Å²) in [5, 5.41) is 3.43. The number of rotatable bonds is 1. The van der Waals surface area contributed by atoms with Gasteiger partial charge in [0.15, 0.2) is 0 Å². The average Bonchev–Trinajstić information content (AvgIpc) is 2.83. The molecular weight excluding hydrogens is 260 g/mol. The van der Waals surface area contributed by atoms with E-state index >= 15 is 0 Å². The highest BCUT2D eigenvalue weighted by molar-refractivity contribution is 5.70. The van der Waals surface area contributed by atoms with Crippen molar-refractivity contribution in [2.75, 3.05) is 31.1 Å². The molecule has 0 saturated carbocycles. The minimum atomic E-state index is 0.883. The Morgan fingerprint density at radius 3 is 2.90 bits per heavy atom. The van der Waals surface area contributed by atoms with Gasteiger partial charge in [0.05, 0.1) is 5.69 Å². The first-order chi connectivity index (χ1) is 10.4. The Labute approximate surface area is 125 Å². The molecule has 1 saturated heterocycles. The predicted molar refractivity (Wildman–Crippen MR) is 84.6 cm³/mol. The summed E-state index contributed by atoms with van der Waals surface area (Å²) < 4.78 is 0. The van der Waals surface area contributed by atoms with Crippen LogP contribution >= 0.6 is 0 Å². The summed E-state index contributed by atoms with van der Waals surface area (Å²) in [7, 11) is 0. The molecule has 108 valence electrons. The molecule has 1 aliphatic carbocycles. The molecular formula is C17H20N4. The molecule has 1 aliphatic heterocycles. The van der Waals surface area contributed by atoms with Gasteiger partial charge >= 0.3 is 0 Å². The monoisotopic (exact) mass is 280 g/mol. The molecule has 2 heterocycles. The minimum absolute atomic E-state index is 0.883. The smallest absolute Gasteiger partial charge is 0.225 e. The van der Waals surface area contributed by atoms with E-state index in [-0.39, 0.29) is 0 Å². The first kappa shape index (κ1) is 12.8. The topological polar surface area (TPSA) is 41.1 Å². The molecule has 1 N–H and O–H groups in total. The van der Waals surface area contributed by atoms with Crippen molar-refractivity contribution in [3.8, 4) is 11.3 Å². The van der Waals surface area contributed by atoms with E-state index in [4.69, 9.17) is 4.98 Å². The lowest BCUT2D eigenvalue weighted by atomic mass is 9.90. The zero-order valence-electron chi connectivity index (χ0n) is 12.2. The number of fused-ring (bicyclic) bond motifs is 3. The standard InChI is InChI=1S/C17H20N4/c1-2-5-15-13(4-1)6-7-14-12-19-17(20-16(14)15)21-10-3-8-18-9-11-21/h1-2,4-5,12,18H,3,6-11H2. The minimum Gasteiger partial charge on any atom is -0.339 e. The second-order valence-corrected chi connectivity index (χ2v) is 5.79. The Balaban J connectivity index is 1.73. The van der Waals surface area contributed by atoms with Gasteiger partial charge in [-0.3, -0.25) is 0 Å². The Morgan fingerprint density at radius 2 is 1.90 bits per heavy atom. The van der Waals surface area contributed by atoms with Crippen LogP contribution in [0.15, 0.2) is 30.5 Å². The van der Waals surface area contributed by atoms with Gasteiger partial charge in [0.25, 0.3) is 0 Å². The maximum Gasteiger partial charge on any atom is 0.225 e. The fraction of sp³-hybridized carbons (Fsp3) is 0.412.